The molecule has 10 heteroatoms. The van der Waals surface area contributed by atoms with Crippen LogP contribution in [0, 0.1) is 5.82 Å². The Bertz CT molecular complexity index is 1220. The minimum atomic E-state index is -3.61. The molecular weight excluding hydrogens is 423 g/mol. The Hall–Kier alpha value is -2.33. The van der Waals surface area contributed by atoms with E-state index in [-0.39, 0.29) is 17.3 Å². The third-order valence-corrected chi connectivity index (χ3v) is 6.64. The van der Waals surface area contributed by atoms with Crippen molar-refractivity contribution in [2.24, 2.45) is 0 Å². The van der Waals surface area contributed by atoms with Crippen molar-refractivity contribution < 1.29 is 12.8 Å². The van der Waals surface area contributed by atoms with Gasteiger partial charge < -0.3 is 0 Å². The SMILES string of the molecule is O=S(=O)(NCCc1csc2nc(-c3ccc(F)cc3)nn12)c1ccc(Cl)cc1. The van der Waals surface area contributed by atoms with Gasteiger partial charge in [0.05, 0.1) is 10.6 Å². The van der Waals surface area contributed by atoms with Gasteiger partial charge in [0.2, 0.25) is 15.0 Å². The lowest BCUT2D eigenvalue weighted by Crippen LogP contribution is -2.26. The normalized spacial score (nSPS) is 11.9. The molecule has 6 nitrogen and oxygen atoms in total. The molecule has 4 rings (SSSR count). The van der Waals surface area contributed by atoms with Crippen molar-refractivity contribution in [2.75, 3.05) is 6.54 Å². The van der Waals surface area contributed by atoms with Gasteiger partial charge in [-0.2, -0.15) is 4.98 Å². The van der Waals surface area contributed by atoms with Crippen LogP contribution >= 0.6 is 22.9 Å². The Morgan fingerprint density at radius 1 is 1.11 bits per heavy atom. The lowest BCUT2D eigenvalue weighted by molar-refractivity contribution is 0.581. The van der Waals surface area contributed by atoms with E-state index in [9.17, 15) is 12.8 Å². The molecule has 0 bridgehead atoms. The van der Waals surface area contributed by atoms with E-state index in [1.54, 1.807) is 16.6 Å². The highest BCUT2D eigenvalue weighted by Gasteiger charge is 2.15. The van der Waals surface area contributed by atoms with Gasteiger partial charge >= 0.3 is 0 Å². The van der Waals surface area contributed by atoms with Crippen molar-refractivity contribution in [1.29, 1.82) is 0 Å². The minimum absolute atomic E-state index is 0.159. The zero-order chi connectivity index (χ0) is 19.7. The van der Waals surface area contributed by atoms with Gasteiger partial charge in [-0.05, 0) is 48.5 Å². The van der Waals surface area contributed by atoms with E-state index in [4.69, 9.17) is 11.6 Å². The maximum atomic E-state index is 13.1. The molecule has 0 radical (unpaired) electrons. The molecule has 2 heterocycles. The molecule has 0 unspecified atom stereocenters. The van der Waals surface area contributed by atoms with Crippen molar-refractivity contribution >= 4 is 37.9 Å². The highest BCUT2D eigenvalue weighted by Crippen LogP contribution is 2.21. The third-order valence-electron chi connectivity index (χ3n) is 4.05. The van der Waals surface area contributed by atoms with E-state index < -0.39 is 10.0 Å². The minimum Gasteiger partial charge on any atom is -0.211 e. The molecule has 1 N–H and O–H groups in total. The summed E-state index contributed by atoms with van der Waals surface area (Å²) in [5.41, 5.74) is 1.55. The van der Waals surface area contributed by atoms with Gasteiger partial charge in [0.25, 0.3) is 0 Å². The van der Waals surface area contributed by atoms with Gasteiger partial charge in [0, 0.05) is 28.9 Å². The number of sulfonamides is 1. The molecule has 0 aliphatic heterocycles. The van der Waals surface area contributed by atoms with Crippen LogP contribution in [0.25, 0.3) is 16.3 Å². The summed E-state index contributed by atoms with van der Waals surface area (Å²) in [6.07, 6.45) is 0.443. The second kappa shape index (κ2) is 7.59. The molecule has 0 aliphatic rings. The number of benzene rings is 2. The maximum absolute atomic E-state index is 13.1. The van der Waals surface area contributed by atoms with Crippen LogP contribution in [0.15, 0.2) is 58.8 Å². The third kappa shape index (κ3) is 3.93. The summed E-state index contributed by atoms with van der Waals surface area (Å²) in [4.78, 5) is 5.29. The largest absolute Gasteiger partial charge is 0.240 e. The first-order valence-corrected chi connectivity index (χ1v) is 11.0. The fraction of sp³-hybridized carbons (Fsp3) is 0.111. The topological polar surface area (TPSA) is 76.4 Å². The molecular formula is C18H14ClFN4O2S2. The van der Waals surface area contributed by atoms with Crippen LogP contribution in [0.3, 0.4) is 0 Å². The summed E-state index contributed by atoms with van der Waals surface area (Å²) >= 11 is 7.21. The van der Waals surface area contributed by atoms with E-state index in [0.717, 1.165) is 5.69 Å². The van der Waals surface area contributed by atoms with Crippen LogP contribution in [0.2, 0.25) is 5.02 Å². The van der Waals surface area contributed by atoms with Crippen molar-refractivity contribution in [3.8, 4) is 11.4 Å². The number of nitrogens with one attached hydrogen (secondary N) is 1. The quantitative estimate of drug-likeness (QED) is 0.499. The van der Waals surface area contributed by atoms with Gasteiger partial charge in [0.1, 0.15) is 5.82 Å². The van der Waals surface area contributed by atoms with Crippen LogP contribution in [-0.4, -0.2) is 29.6 Å². The van der Waals surface area contributed by atoms with Crippen LogP contribution in [0.5, 0.6) is 0 Å². The van der Waals surface area contributed by atoms with Gasteiger partial charge in [-0.25, -0.2) is 22.0 Å². The van der Waals surface area contributed by atoms with Crippen LogP contribution < -0.4 is 4.72 Å². The summed E-state index contributed by atoms with van der Waals surface area (Å²) in [7, 11) is -3.61. The van der Waals surface area contributed by atoms with E-state index in [0.29, 0.717) is 27.8 Å². The molecule has 28 heavy (non-hydrogen) atoms. The first kappa shape index (κ1) is 19.0. The molecule has 0 aliphatic carbocycles. The first-order valence-electron chi connectivity index (χ1n) is 8.27. The molecule has 144 valence electrons. The molecule has 2 aromatic carbocycles. The van der Waals surface area contributed by atoms with E-state index in [1.165, 1.54) is 47.7 Å². The molecule has 0 atom stereocenters. The van der Waals surface area contributed by atoms with Gasteiger partial charge in [0.15, 0.2) is 5.82 Å². The molecule has 4 aromatic rings. The molecule has 0 spiro atoms. The molecule has 0 fully saturated rings. The summed E-state index contributed by atoms with van der Waals surface area (Å²) in [5, 5.41) is 6.82. The Kier molecular flexibility index (Phi) is 5.15. The Balaban J connectivity index is 1.48. The van der Waals surface area contributed by atoms with Crippen LogP contribution in [0.1, 0.15) is 5.69 Å². The average Bonchev–Trinajstić information content (AvgIpc) is 3.24. The second-order valence-corrected chi connectivity index (χ2v) is 9.01. The number of rotatable bonds is 6. The average molecular weight is 437 g/mol. The standard InChI is InChI=1S/C18H14ClFN4O2S2/c19-13-3-7-16(8-4-13)28(25,26)21-10-9-15-11-27-18-22-17(23-24(15)18)12-1-5-14(20)6-2-12/h1-8,11,21H,9-10H2. The zero-order valence-corrected chi connectivity index (χ0v) is 16.7. The highest BCUT2D eigenvalue weighted by atomic mass is 35.5. The predicted molar refractivity (Wildman–Crippen MR) is 107 cm³/mol. The first-order chi connectivity index (χ1) is 13.4. The molecule has 0 saturated heterocycles. The lowest BCUT2D eigenvalue weighted by atomic mass is 10.2. The highest BCUT2D eigenvalue weighted by molar-refractivity contribution is 7.89. The van der Waals surface area contributed by atoms with Gasteiger partial charge in [-0.1, -0.05) is 11.6 Å². The molecule has 2 aromatic heterocycles. The van der Waals surface area contributed by atoms with Gasteiger partial charge in [-0.15, -0.1) is 16.4 Å². The van der Waals surface area contributed by atoms with Crippen molar-refractivity contribution in [3.63, 3.8) is 0 Å². The maximum Gasteiger partial charge on any atom is 0.240 e. The van der Waals surface area contributed by atoms with Crippen molar-refractivity contribution in [3.05, 3.63) is 70.4 Å². The van der Waals surface area contributed by atoms with Crippen LogP contribution in [-0.2, 0) is 16.4 Å². The van der Waals surface area contributed by atoms with E-state index in [1.807, 2.05) is 5.38 Å². The fourth-order valence-corrected chi connectivity index (χ4v) is 4.64. The van der Waals surface area contributed by atoms with E-state index in [2.05, 4.69) is 14.8 Å². The summed E-state index contributed by atoms with van der Waals surface area (Å²) < 4.78 is 42.0. The monoisotopic (exact) mass is 436 g/mol. The number of halogens is 2. The smallest absolute Gasteiger partial charge is 0.211 e. The number of thiazole rings is 1. The zero-order valence-electron chi connectivity index (χ0n) is 14.3. The Morgan fingerprint density at radius 2 is 1.82 bits per heavy atom. The number of nitrogens with zero attached hydrogens (tertiary/aromatic N) is 3. The van der Waals surface area contributed by atoms with E-state index >= 15 is 0 Å². The van der Waals surface area contributed by atoms with Crippen molar-refractivity contribution in [1.82, 2.24) is 19.3 Å². The van der Waals surface area contributed by atoms with Crippen LogP contribution in [0.4, 0.5) is 4.39 Å². The van der Waals surface area contributed by atoms with Crippen molar-refractivity contribution in [2.45, 2.75) is 11.3 Å². The predicted octanol–water partition coefficient (Wildman–Crippen LogP) is 3.77. The summed E-state index contributed by atoms with van der Waals surface area (Å²) in [6, 6.07) is 11.9. The Morgan fingerprint density at radius 3 is 2.54 bits per heavy atom. The number of fused-ring (bicyclic) bond motifs is 1. The summed E-state index contributed by atoms with van der Waals surface area (Å²) in [5.74, 6) is 0.174. The number of hydrogen-bond acceptors (Lipinski definition) is 5. The molecule has 0 saturated carbocycles. The lowest BCUT2D eigenvalue weighted by Gasteiger charge is -2.06. The summed E-state index contributed by atoms with van der Waals surface area (Å²) in [6.45, 7) is 0.211. The Labute approximate surface area is 169 Å². The van der Waals surface area contributed by atoms with Gasteiger partial charge in [-0.3, -0.25) is 0 Å². The fourth-order valence-electron chi connectivity index (χ4n) is 2.63. The number of aromatic nitrogens is 3. The molecule has 0 amide bonds. The number of hydrogen-bond donors (Lipinski definition) is 1. The second-order valence-electron chi connectivity index (χ2n) is 5.97.